The largest absolute Gasteiger partial charge is 0.330 e. The third kappa shape index (κ3) is 3.29. The molecule has 1 aromatic carbocycles. The SMILES string of the molecule is C[C@@H](c1cc(F)cc(F)c1)N1C(=O)[C@@H]2CC1CN2C[C@H](N)C(=O)N1C2C[C@H]2C[C@H]1C#N. The van der Waals surface area contributed by atoms with Crippen molar-refractivity contribution >= 4 is 11.8 Å². The zero-order chi connectivity index (χ0) is 22.0. The van der Waals surface area contributed by atoms with Crippen LogP contribution in [0.4, 0.5) is 8.78 Å². The van der Waals surface area contributed by atoms with Crippen molar-refractivity contribution in [1.29, 1.82) is 5.26 Å². The molecule has 0 aromatic heterocycles. The highest BCUT2D eigenvalue weighted by atomic mass is 19.1. The second-order valence-electron chi connectivity index (χ2n) is 9.28. The first-order valence-electron chi connectivity index (χ1n) is 10.8. The van der Waals surface area contributed by atoms with Crippen LogP contribution in [0, 0.1) is 28.9 Å². The fraction of sp³-hybridized carbons (Fsp3) is 0.591. The molecular formula is C22H25F2N5O2. The number of piperazine rings is 1. The predicted molar refractivity (Wildman–Crippen MR) is 106 cm³/mol. The highest BCUT2D eigenvalue weighted by Gasteiger charge is 2.56. The Morgan fingerprint density at radius 1 is 1.26 bits per heavy atom. The van der Waals surface area contributed by atoms with Crippen LogP contribution in [0.5, 0.6) is 0 Å². The van der Waals surface area contributed by atoms with Crippen LogP contribution in [0.3, 0.4) is 0 Å². The number of amides is 2. The molecule has 0 radical (unpaired) electrons. The smallest absolute Gasteiger partial charge is 0.242 e. The van der Waals surface area contributed by atoms with Crippen molar-refractivity contribution in [2.24, 2.45) is 11.7 Å². The monoisotopic (exact) mass is 429 g/mol. The number of carbonyl (C=O) groups is 2. The van der Waals surface area contributed by atoms with Crippen molar-refractivity contribution < 1.29 is 18.4 Å². The molecule has 31 heavy (non-hydrogen) atoms. The highest BCUT2D eigenvalue weighted by molar-refractivity contribution is 5.87. The summed E-state index contributed by atoms with van der Waals surface area (Å²) in [5.74, 6) is -1.23. The number of rotatable bonds is 5. The molecule has 2 N–H and O–H groups in total. The summed E-state index contributed by atoms with van der Waals surface area (Å²) in [6.07, 6.45) is 2.27. The molecule has 9 heteroatoms. The van der Waals surface area contributed by atoms with Crippen molar-refractivity contribution in [3.8, 4) is 6.07 Å². The third-order valence-corrected chi connectivity index (χ3v) is 7.36. The first kappa shape index (κ1) is 20.3. The highest BCUT2D eigenvalue weighted by Crippen LogP contribution is 2.48. The summed E-state index contributed by atoms with van der Waals surface area (Å²) in [5, 5.41) is 9.33. The molecule has 7 nitrogen and oxygen atoms in total. The van der Waals surface area contributed by atoms with Crippen molar-refractivity contribution in [3.63, 3.8) is 0 Å². The third-order valence-electron chi connectivity index (χ3n) is 7.36. The number of likely N-dealkylation sites (tertiary alicyclic amines) is 3. The zero-order valence-electron chi connectivity index (χ0n) is 17.2. The molecule has 0 spiro atoms. The van der Waals surface area contributed by atoms with Gasteiger partial charge in [0.1, 0.15) is 17.7 Å². The van der Waals surface area contributed by atoms with Gasteiger partial charge in [-0.05, 0) is 49.8 Å². The van der Waals surface area contributed by atoms with Gasteiger partial charge in [0.05, 0.1) is 24.2 Å². The van der Waals surface area contributed by atoms with Gasteiger partial charge in [0.25, 0.3) is 0 Å². The molecule has 3 saturated heterocycles. The lowest BCUT2D eigenvalue weighted by molar-refractivity contribution is -0.141. The number of benzene rings is 1. The standard InChI is InChI=1S/C22H25F2N5O2/c1-11(12-2-14(23)6-15(24)3-12)28-17-7-20(22(28)31)27(9-17)10-18(26)21(30)29-16(8-25)4-13-5-19(13)29/h2-3,6,11,13,16-20H,4-5,7,9-10,26H2,1H3/t11-,13+,16-,17?,18-,19?,20-/m0/s1. The summed E-state index contributed by atoms with van der Waals surface area (Å²) in [6.45, 7) is 2.59. The topological polar surface area (TPSA) is 93.7 Å². The Morgan fingerprint density at radius 3 is 2.61 bits per heavy atom. The number of nitriles is 1. The van der Waals surface area contributed by atoms with E-state index in [0.29, 0.717) is 24.4 Å². The Balaban J connectivity index is 1.24. The maximum absolute atomic E-state index is 13.6. The van der Waals surface area contributed by atoms with Gasteiger partial charge in [0.2, 0.25) is 11.8 Å². The molecule has 1 aliphatic carbocycles. The van der Waals surface area contributed by atoms with E-state index in [2.05, 4.69) is 6.07 Å². The molecule has 4 aliphatic rings. The molecule has 1 aromatic rings. The van der Waals surface area contributed by atoms with Crippen LogP contribution in [0.25, 0.3) is 0 Å². The first-order chi connectivity index (χ1) is 14.8. The average Bonchev–Trinajstić information content (AvgIpc) is 3.05. The molecule has 4 fully saturated rings. The van der Waals surface area contributed by atoms with E-state index in [1.807, 2.05) is 4.90 Å². The Kier molecular flexibility index (Phi) is 4.75. The Labute approximate surface area is 179 Å². The lowest BCUT2D eigenvalue weighted by atomic mass is 10.0. The van der Waals surface area contributed by atoms with Crippen LogP contribution >= 0.6 is 0 Å². The van der Waals surface area contributed by atoms with Gasteiger partial charge in [-0.3, -0.25) is 14.5 Å². The molecular weight excluding hydrogens is 404 g/mol. The van der Waals surface area contributed by atoms with E-state index >= 15 is 0 Å². The fourth-order valence-corrected chi connectivity index (χ4v) is 5.79. The van der Waals surface area contributed by atoms with E-state index in [0.717, 1.165) is 18.9 Å². The minimum absolute atomic E-state index is 0.0902. The van der Waals surface area contributed by atoms with Crippen LogP contribution in [0.15, 0.2) is 18.2 Å². The molecule has 3 aliphatic heterocycles. The minimum Gasteiger partial charge on any atom is -0.330 e. The van der Waals surface area contributed by atoms with Crippen LogP contribution in [0.2, 0.25) is 0 Å². The average molecular weight is 429 g/mol. The molecule has 2 amide bonds. The number of fused-ring (bicyclic) bond motifs is 3. The van der Waals surface area contributed by atoms with Gasteiger partial charge in [-0.2, -0.15) is 5.26 Å². The van der Waals surface area contributed by atoms with Gasteiger partial charge in [-0.15, -0.1) is 0 Å². The normalized spacial score (nSPS) is 33.4. The number of halogens is 2. The Morgan fingerprint density at radius 2 is 1.97 bits per heavy atom. The van der Waals surface area contributed by atoms with Gasteiger partial charge < -0.3 is 15.5 Å². The fourth-order valence-electron chi connectivity index (χ4n) is 5.79. The molecule has 5 rings (SSSR count). The quantitative estimate of drug-likeness (QED) is 0.758. The van der Waals surface area contributed by atoms with Crippen LogP contribution in [-0.2, 0) is 9.59 Å². The van der Waals surface area contributed by atoms with Gasteiger partial charge in [-0.1, -0.05) is 0 Å². The lowest BCUT2D eigenvalue weighted by Crippen LogP contribution is -2.57. The number of carbonyl (C=O) groups excluding carboxylic acids is 2. The zero-order valence-corrected chi connectivity index (χ0v) is 17.2. The number of nitrogens with two attached hydrogens (primary N) is 1. The van der Waals surface area contributed by atoms with Crippen molar-refractivity contribution in [2.45, 2.75) is 62.4 Å². The number of hydrogen-bond acceptors (Lipinski definition) is 5. The van der Waals surface area contributed by atoms with Gasteiger partial charge in [0, 0.05) is 31.2 Å². The molecule has 2 bridgehead atoms. The second-order valence-corrected chi connectivity index (χ2v) is 9.28. The van der Waals surface area contributed by atoms with Crippen LogP contribution in [-0.4, -0.2) is 69.8 Å². The molecule has 7 atom stereocenters. The number of nitrogens with zero attached hydrogens (tertiary/aromatic N) is 4. The minimum atomic E-state index is -0.787. The summed E-state index contributed by atoms with van der Waals surface area (Å²) in [5.41, 5.74) is 6.64. The van der Waals surface area contributed by atoms with E-state index in [1.165, 1.54) is 12.1 Å². The predicted octanol–water partition coefficient (Wildman–Crippen LogP) is 1.15. The maximum Gasteiger partial charge on any atom is 0.242 e. The summed E-state index contributed by atoms with van der Waals surface area (Å²) < 4.78 is 27.3. The molecule has 164 valence electrons. The van der Waals surface area contributed by atoms with Gasteiger partial charge in [-0.25, -0.2) is 8.78 Å². The summed E-state index contributed by atoms with van der Waals surface area (Å²) in [4.78, 5) is 31.2. The molecule has 1 saturated carbocycles. The Hall–Kier alpha value is -2.57. The van der Waals surface area contributed by atoms with Gasteiger partial charge in [0.15, 0.2) is 0 Å². The van der Waals surface area contributed by atoms with E-state index in [4.69, 9.17) is 5.73 Å². The molecule has 3 heterocycles. The van der Waals surface area contributed by atoms with E-state index < -0.39 is 29.8 Å². The summed E-state index contributed by atoms with van der Waals surface area (Å²) >= 11 is 0. The van der Waals surface area contributed by atoms with Crippen molar-refractivity contribution in [2.75, 3.05) is 13.1 Å². The van der Waals surface area contributed by atoms with E-state index in [1.54, 1.807) is 16.7 Å². The summed E-state index contributed by atoms with van der Waals surface area (Å²) in [6, 6.07) is 3.56. The van der Waals surface area contributed by atoms with Crippen molar-refractivity contribution in [3.05, 3.63) is 35.4 Å². The number of hydrogen-bond donors (Lipinski definition) is 1. The second kappa shape index (κ2) is 7.24. The van der Waals surface area contributed by atoms with Gasteiger partial charge >= 0.3 is 0 Å². The summed E-state index contributed by atoms with van der Waals surface area (Å²) in [7, 11) is 0. The maximum atomic E-state index is 13.6. The molecule has 2 unspecified atom stereocenters. The van der Waals surface area contributed by atoms with E-state index in [-0.39, 0.29) is 36.5 Å². The lowest BCUT2D eigenvalue weighted by Gasteiger charge is -2.38. The first-order valence-corrected chi connectivity index (χ1v) is 10.8. The Bertz CT molecular complexity index is 961. The van der Waals surface area contributed by atoms with E-state index in [9.17, 15) is 23.6 Å². The van der Waals surface area contributed by atoms with Crippen LogP contribution in [0.1, 0.15) is 37.8 Å². The number of piperidine rings is 1. The van der Waals surface area contributed by atoms with Crippen LogP contribution < -0.4 is 5.73 Å². The van der Waals surface area contributed by atoms with Crippen molar-refractivity contribution in [1.82, 2.24) is 14.7 Å².